The zero-order chi connectivity index (χ0) is 21.9. The van der Waals surface area contributed by atoms with Crippen LogP contribution in [0.4, 0.5) is 11.6 Å². The Morgan fingerprint density at radius 2 is 1.94 bits per heavy atom. The van der Waals surface area contributed by atoms with E-state index in [2.05, 4.69) is 47.0 Å². The van der Waals surface area contributed by atoms with Crippen LogP contribution in [-0.2, 0) is 0 Å². The highest BCUT2D eigenvalue weighted by atomic mass is 15.3. The first-order valence-corrected chi connectivity index (χ1v) is 11.0. The van der Waals surface area contributed by atoms with Crippen molar-refractivity contribution >= 4 is 11.6 Å². The van der Waals surface area contributed by atoms with Crippen molar-refractivity contribution in [3.05, 3.63) is 54.1 Å². The number of likely N-dealkylation sites (tertiary alicyclic amines) is 1. The molecule has 5 rings (SSSR count). The second kappa shape index (κ2) is 9.98. The smallest absolute Gasteiger partial charge is 0.142 e. The van der Waals surface area contributed by atoms with E-state index in [1.807, 2.05) is 24.4 Å². The molecule has 9 nitrogen and oxygen atoms in total. The number of nitrogens with one attached hydrogen (secondary N) is 1. The predicted molar refractivity (Wildman–Crippen MR) is 129 cm³/mol. The Labute approximate surface area is 194 Å². The van der Waals surface area contributed by atoms with Crippen molar-refractivity contribution in [2.24, 2.45) is 0 Å². The van der Waals surface area contributed by atoms with E-state index in [9.17, 15) is 5.26 Å². The number of nitrogens with two attached hydrogens (primary N) is 1. The Morgan fingerprint density at radius 3 is 2.61 bits per heavy atom. The molecule has 2 aliphatic heterocycles. The van der Waals surface area contributed by atoms with Gasteiger partial charge in [0, 0.05) is 50.5 Å². The number of anilines is 2. The summed E-state index contributed by atoms with van der Waals surface area (Å²) >= 11 is 0. The minimum Gasteiger partial charge on any atom is -0.383 e. The Kier molecular flexibility index (Phi) is 6.87. The number of nitrogen functional groups attached to an aromatic ring is 1. The minimum atomic E-state index is 0. The molecule has 3 N–H and O–H groups in total. The molecular weight excluding hydrogens is 414 g/mol. The van der Waals surface area contributed by atoms with Crippen LogP contribution in [0.25, 0.3) is 11.1 Å². The number of aromatic amines is 1. The van der Waals surface area contributed by atoms with Crippen molar-refractivity contribution in [3.8, 4) is 17.2 Å². The van der Waals surface area contributed by atoms with Gasteiger partial charge in [0.15, 0.2) is 0 Å². The molecule has 0 radical (unpaired) electrons. The van der Waals surface area contributed by atoms with Gasteiger partial charge in [-0.05, 0) is 37.2 Å². The van der Waals surface area contributed by atoms with Gasteiger partial charge in [-0.3, -0.25) is 10.00 Å². The summed E-state index contributed by atoms with van der Waals surface area (Å²) in [7, 11) is 0. The zero-order valence-electron chi connectivity index (χ0n) is 18.0. The van der Waals surface area contributed by atoms with Crippen LogP contribution in [0, 0.1) is 11.3 Å². The molecule has 0 unspecified atom stereocenters. The van der Waals surface area contributed by atoms with E-state index in [-0.39, 0.29) is 13.5 Å². The van der Waals surface area contributed by atoms with Gasteiger partial charge < -0.3 is 15.5 Å². The van der Waals surface area contributed by atoms with Crippen LogP contribution in [0.5, 0.6) is 0 Å². The molecule has 2 saturated heterocycles. The lowest BCUT2D eigenvalue weighted by molar-refractivity contribution is 0.0966. The molecule has 2 aromatic heterocycles. The van der Waals surface area contributed by atoms with Crippen molar-refractivity contribution in [1.29, 1.82) is 5.26 Å². The Hall–Kier alpha value is -3.48. The van der Waals surface area contributed by atoms with Crippen molar-refractivity contribution in [3.63, 3.8) is 0 Å². The predicted octanol–water partition coefficient (Wildman–Crippen LogP) is 2.53. The molecule has 9 heteroatoms. The van der Waals surface area contributed by atoms with Gasteiger partial charge in [0.05, 0.1) is 23.4 Å². The van der Waals surface area contributed by atoms with Gasteiger partial charge in [-0.2, -0.15) is 10.4 Å². The fraction of sp³-hybridized carbons (Fsp3) is 0.417. The van der Waals surface area contributed by atoms with Gasteiger partial charge in [-0.25, -0.2) is 9.97 Å². The fourth-order valence-corrected chi connectivity index (χ4v) is 4.60. The van der Waals surface area contributed by atoms with Crippen molar-refractivity contribution in [2.75, 3.05) is 56.4 Å². The van der Waals surface area contributed by atoms with Gasteiger partial charge >= 0.3 is 0 Å². The number of hydrogen-bond acceptors (Lipinski definition) is 8. The third kappa shape index (κ3) is 4.67. The molecule has 0 saturated carbocycles. The van der Waals surface area contributed by atoms with E-state index in [4.69, 9.17) is 5.73 Å². The minimum absolute atomic E-state index is 0. The fourth-order valence-electron chi connectivity index (χ4n) is 4.60. The van der Waals surface area contributed by atoms with Crippen LogP contribution in [0.3, 0.4) is 0 Å². The van der Waals surface area contributed by atoms with Crippen molar-refractivity contribution in [2.45, 2.75) is 19.9 Å². The molecule has 4 heterocycles. The van der Waals surface area contributed by atoms with Gasteiger partial charge in [-0.1, -0.05) is 19.6 Å². The van der Waals surface area contributed by atoms with Gasteiger partial charge in [0.1, 0.15) is 18.0 Å². The second-order valence-corrected chi connectivity index (χ2v) is 8.37. The van der Waals surface area contributed by atoms with Crippen molar-refractivity contribution < 1.29 is 0 Å². The SMILES string of the molecule is C.N#Cc1cccc([C@@H](CN2CCC2)N2CCN(c3ncnc(N)c3-c3cn[nH]c3)CC2)c1. The highest BCUT2D eigenvalue weighted by Crippen LogP contribution is 2.34. The number of aromatic nitrogens is 4. The normalized spacial score (nSPS) is 17.6. The van der Waals surface area contributed by atoms with E-state index >= 15 is 0 Å². The number of nitriles is 1. The third-order valence-electron chi connectivity index (χ3n) is 6.48. The lowest BCUT2D eigenvalue weighted by Crippen LogP contribution is -2.51. The molecular formula is C24H31N9. The maximum Gasteiger partial charge on any atom is 0.142 e. The average Bonchev–Trinajstić information content (AvgIpc) is 3.33. The third-order valence-corrected chi connectivity index (χ3v) is 6.48. The maximum atomic E-state index is 9.37. The first-order chi connectivity index (χ1) is 15.7. The Balaban J connectivity index is 0.00000259. The van der Waals surface area contributed by atoms with Crippen LogP contribution in [0.1, 0.15) is 31.0 Å². The standard InChI is InChI=1S/C23H27N9.CH4/c24-12-17-3-1-4-18(11-17)20(15-30-5-2-6-30)31-7-9-32(10-8-31)23-21(19-13-28-29-14-19)22(25)26-16-27-23;/h1,3-4,11,13-14,16,20H,2,5-10,15H2,(H,28,29)(H2,25,26,27);1H4/t20-;/m1./s1. The molecule has 0 amide bonds. The lowest BCUT2D eigenvalue weighted by Gasteiger charge is -2.43. The molecule has 0 aliphatic carbocycles. The first kappa shape index (κ1) is 22.7. The molecule has 2 fully saturated rings. The molecule has 0 spiro atoms. The van der Waals surface area contributed by atoms with Gasteiger partial charge in [0.2, 0.25) is 0 Å². The molecule has 0 bridgehead atoms. The van der Waals surface area contributed by atoms with E-state index < -0.39 is 0 Å². The van der Waals surface area contributed by atoms with Gasteiger partial charge in [0.25, 0.3) is 0 Å². The summed E-state index contributed by atoms with van der Waals surface area (Å²) < 4.78 is 0. The lowest BCUT2D eigenvalue weighted by atomic mass is 10.00. The molecule has 2 aliphatic rings. The molecule has 3 aromatic rings. The topological polar surface area (TPSA) is 114 Å². The largest absolute Gasteiger partial charge is 0.383 e. The van der Waals surface area contributed by atoms with Crippen LogP contribution in [-0.4, -0.2) is 75.8 Å². The Bertz CT molecular complexity index is 1090. The van der Waals surface area contributed by atoms with E-state index in [1.54, 1.807) is 6.20 Å². The molecule has 1 atom stereocenters. The maximum absolute atomic E-state index is 9.37. The quantitative estimate of drug-likeness (QED) is 0.595. The van der Waals surface area contributed by atoms with Crippen LogP contribution < -0.4 is 10.6 Å². The molecule has 33 heavy (non-hydrogen) atoms. The molecule has 172 valence electrons. The van der Waals surface area contributed by atoms with E-state index in [0.717, 1.165) is 68.3 Å². The summed E-state index contributed by atoms with van der Waals surface area (Å²) in [4.78, 5) is 16.1. The highest BCUT2D eigenvalue weighted by molar-refractivity contribution is 5.83. The first-order valence-electron chi connectivity index (χ1n) is 11.0. The summed E-state index contributed by atoms with van der Waals surface area (Å²) in [5, 5.41) is 16.3. The second-order valence-electron chi connectivity index (χ2n) is 8.37. The summed E-state index contributed by atoms with van der Waals surface area (Å²) in [6, 6.07) is 10.6. The number of H-pyrrole nitrogens is 1. The van der Waals surface area contributed by atoms with E-state index in [0.29, 0.717) is 5.82 Å². The summed E-state index contributed by atoms with van der Waals surface area (Å²) in [6.07, 6.45) is 6.37. The average molecular weight is 446 g/mol. The number of hydrogen-bond donors (Lipinski definition) is 2. The number of nitrogens with zero attached hydrogens (tertiary/aromatic N) is 7. The summed E-state index contributed by atoms with van der Waals surface area (Å²) in [5.74, 6) is 1.31. The van der Waals surface area contributed by atoms with E-state index in [1.165, 1.54) is 18.3 Å². The van der Waals surface area contributed by atoms with Gasteiger partial charge in [-0.15, -0.1) is 0 Å². The zero-order valence-corrected chi connectivity index (χ0v) is 18.0. The number of piperazine rings is 1. The van der Waals surface area contributed by atoms with Crippen LogP contribution in [0.2, 0.25) is 0 Å². The number of benzene rings is 1. The monoisotopic (exact) mass is 445 g/mol. The van der Waals surface area contributed by atoms with Crippen molar-refractivity contribution in [1.82, 2.24) is 30.0 Å². The van der Waals surface area contributed by atoms with Crippen LogP contribution >= 0.6 is 0 Å². The number of rotatable bonds is 6. The molecule has 1 aromatic carbocycles. The summed E-state index contributed by atoms with van der Waals surface area (Å²) in [5.41, 5.74) is 9.87. The Morgan fingerprint density at radius 1 is 1.12 bits per heavy atom. The summed E-state index contributed by atoms with van der Waals surface area (Å²) in [6.45, 7) is 6.81. The van der Waals surface area contributed by atoms with Crippen LogP contribution in [0.15, 0.2) is 43.0 Å². The highest BCUT2D eigenvalue weighted by Gasteiger charge is 2.30.